The van der Waals surface area contributed by atoms with Crippen LogP contribution in [-0.2, 0) is 33.8 Å². The Hall–Kier alpha value is -4.19. The summed E-state index contributed by atoms with van der Waals surface area (Å²) in [5.74, 6) is -1.05. The normalized spacial score (nSPS) is 12.8. The van der Waals surface area contributed by atoms with Crippen molar-refractivity contribution in [1.29, 1.82) is 0 Å². The summed E-state index contributed by atoms with van der Waals surface area (Å²) in [5, 5.41) is 9.79. The number of carboxylic acids is 1. The SMILES string of the molecule is CCCCc1nc2ccc(S(C)(=O)=O)cc2c(=O)n1Cc1ccc(OC(C(=O)O)c2ccccc2C(F)(F)F)cc1. The Bertz CT molecular complexity index is 1750. The maximum Gasteiger partial charge on any atom is 0.416 e. The third kappa shape index (κ3) is 6.76. The van der Waals surface area contributed by atoms with Gasteiger partial charge in [-0.2, -0.15) is 13.2 Å². The number of sulfone groups is 1. The molecule has 0 saturated carbocycles. The lowest BCUT2D eigenvalue weighted by atomic mass is 10.0. The molecule has 3 aromatic carbocycles. The lowest BCUT2D eigenvalue weighted by molar-refractivity contribution is -0.147. The van der Waals surface area contributed by atoms with Gasteiger partial charge in [-0.05, 0) is 48.4 Å². The van der Waals surface area contributed by atoms with Crippen LogP contribution in [0.25, 0.3) is 10.9 Å². The average molecular weight is 589 g/mol. The van der Waals surface area contributed by atoms with E-state index in [2.05, 4.69) is 4.98 Å². The number of rotatable bonds is 10. The molecule has 1 aromatic heterocycles. The smallest absolute Gasteiger partial charge is 0.416 e. The van der Waals surface area contributed by atoms with Crippen molar-refractivity contribution in [1.82, 2.24) is 9.55 Å². The van der Waals surface area contributed by atoms with Crippen LogP contribution in [0.1, 0.15) is 48.4 Å². The van der Waals surface area contributed by atoms with Gasteiger partial charge in [-0.3, -0.25) is 9.36 Å². The van der Waals surface area contributed by atoms with Crippen LogP contribution in [0.2, 0.25) is 0 Å². The Balaban J connectivity index is 1.67. The monoisotopic (exact) mass is 588 g/mol. The summed E-state index contributed by atoms with van der Waals surface area (Å²) in [4.78, 5) is 30.0. The van der Waals surface area contributed by atoms with Crippen molar-refractivity contribution in [3.8, 4) is 5.75 Å². The molecule has 0 aliphatic heterocycles. The Morgan fingerprint density at radius 1 is 1.07 bits per heavy atom. The molecular weight excluding hydrogens is 561 g/mol. The minimum Gasteiger partial charge on any atom is -0.478 e. The highest BCUT2D eigenvalue weighted by molar-refractivity contribution is 7.90. The summed E-state index contributed by atoms with van der Waals surface area (Å²) >= 11 is 0. The van der Waals surface area contributed by atoms with Crippen LogP contribution >= 0.6 is 0 Å². The number of aromatic nitrogens is 2. The molecule has 1 heterocycles. The van der Waals surface area contributed by atoms with E-state index in [0.717, 1.165) is 31.2 Å². The predicted octanol–water partition coefficient (Wildman–Crippen LogP) is 5.41. The van der Waals surface area contributed by atoms with E-state index in [1.807, 2.05) is 6.92 Å². The fourth-order valence-electron chi connectivity index (χ4n) is 4.39. The highest BCUT2D eigenvalue weighted by Gasteiger charge is 2.37. The van der Waals surface area contributed by atoms with E-state index in [1.165, 1.54) is 47.0 Å². The molecule has 41 heavy (non-hydrogen) atoms. The molecule has 0 fully saturated rings. The maximum absolute atomic E-state index is 13.5. The Kier molecular flexibility index (Phi) is 8.52. The van der Waals surface area contributed by atoms with Gasteiger partial charge in [0.2, 0.25) is 6.10 Å². The molecular formula is C29H27F3N2O6S. The van der Waals surface area contributed by atoms with Gasteiger partial charge in [-0.1, -0.05) is 43.7 Å². The van der Waals surface area contributed by atoms with Crippen LogP contribution in [0.5, 0.6) is 5.75 Å². The third-order valence-corrected chi connectivity index (χ3v) is 7.59. The number of aliphatic carboxylic acids is 1. The molecule has 1 atom stereocenters. The first-order valence-electron chi connectivity index (χ1n) is 12.7. The van der Waals surface area contributed by atoms with Crippen molar-refractivity contribution in [2.45, 2.75) is 49.9 Å². The van der Waals surface area contributed by atoms with Crippen molar-refractivity contribution < 1.29 is 36.2 Å². The first-order valence-corrected chi connectivity index (χ1v) is 14.6. The van der Waals surface area contributed by atoms with Crippen LogP contribution in [0.15, 0.2) is 76.4 Å². The number of ether oxygens (including phenoxy) is 1. The summed E-state index contributed by atoms with van der Waals surface area (Å²) in [5.41, 5.74) is -1.06. The van der Waals surface area contributed by atoms with E-state index < -0.39 is 44.8 Å². The molecule has 1 unspecified atom stereocenters. The van der Waals surface area contributed by atoms with Crippen molar-refractivity contribution in [2.75, 3.05) is 6.26 Å². The molecule has 0 aliphatic carbocycles. The predicted molar refractivity (Wildman–Crippen MR) is 146 cm³/mol. The molecule has 0 aliphatic rings. The number of nitrogens with zero attached hydrogens (tertiary/aromatic N) is 2. The largest absolute Gasteiger partial charge is 0.478 e. The summed E-state index contributed by atoms with van der Waals surface area (Å²) < 4.78 is 71.5. The molecule has 12 heteroatoms. The number of carboxylic acid groups (broad SMARTS) is 1. The van der Waals surface area contributed by atoms with Gasteiger partial charge in [-0.25, -0.2) is 18.2 Å². The summed E-state index contributed by atoms with van der Waals surface area (Å²) in [6.45, 7) is 2.07. The van der Waals surface area contributed by atoms with Crippen molar-refractivity contribution in [3.05, 3.63) is 99.6 Å². The van der Waals surface area contributed by atoms with Crippen LogP contribution in [0, 0.1) is 0 Å². The first-order chi connectivity index (χ1) is 19.3. The molecule has 1 N–H and O–H groups in total. The van der Waals surface area contributed by atoms with E-state index in [0.29, 0.717) is 23.3 Å². The second-order valence-corrected chi connectivity index (χ2v) is 11.6. The molecule has 4 rings (SSSR count). The van der Waals surface area contributed by atoms with Gasteiger partial charge in [0.15, 0.2) is 9.84 Å². The van der Waals surface area contributed by atoms with Crippen molar-refractivity contribution >= 4 is 26.7 Å². The average Bonchev–Trinajstić information content (AvgIpc) is 2.91. The molecule has 0 amide bonds. The molecule has 0 spiro atoms. The summed E-state index contributed by atoms with van der Waals surface area (Å²) in [6, 6.07) is 14.5. The van der Waals surface area contributed by atoms with Crippen molar-refractivity contribution in [3.63, 3.8) is 0 Å². The fourth-order valence-corrected chi connectivity index (χ4v) is 5.04. The topological polar surface area (TPSA) is 116 Å². The van der Waals surface area contributed by atoms with Crippen LogP contribution in [0.3, 0.4) is 0 Å². The number of aryl methyl sites for hydroxylation is 1. The third-order valence-electron chi connectivity index (χ3n) is 6.48. The lowest BCUT2D eigenvalue weighted by Crippen LogP contribution is -2.26. The molecule has 0 radical (unpaired) electrons. The summed E-state index contributed by atoms with van der Waals surface area (Å²) in [7, 11) is -3.55. The zero-order valence-electron chi connectivity index (χ0n) is 22.2. The minimum absolute atomic E-state index is 0.00154. The van der Waals surface area contributed by atoms with Gasteiger partial charge in [0, 0.05) is 18.2 Å². The number of benzene rings is 3. The molecule has 4 aromatic rings. The van der Waals surface area contributed by atoms with E-state index in [-0.39, 0.29) is 22.6 Å². The van der Waals surface area contributed by atoms with Gasteiger partial charge in [0.05, 0.1) is 27.9 Å². The second-order valence-electron chi connectivity index (χ2n) is 9.54. The fraction of sp³-hybridized carbons (Fsp3) is 0.276. The quantitative estimate of drug-likeness (QED) is 0.263. The number of hydrogen-bond acceptors (Lipinski definition) is 6. The zero-order valence-corrected chi connectivity index (χ0v) is 23.0. The Labute approximate surface area is 234 Å². The number of hydrogen-bond donors (Lipinski definition) is 1. The standard InChI is InChI=1S/C29H27F3N2O6S/c1-3-4-9-25-33-24-15-14-20(41(2,38)39)16-22(24)27(35)34(25)17-18-10-12-19(13-11-18)40-26(28(36)37)21-7-5-6-8-23(21)29(30,31)32/h5-8,10-16,26H,3-4,9,17H2,1-2H3,(H,36,37). The van der Waals surface area contributed by atoms with Crippen LogP contribution in [0.4, 0.5) is 13.2 Å². The van der Waals surface area contributed by atoms with Gasteiger partial charge in [-0.15, -0.1) is 0 Å². The van der Waals surface area contributed by atoms with Gasteiger partial charge in [0.1, 0.15) is 11.6 Å². The van der Waals surface area contributed by atoms with Crippen LogP contribution < -0.4 is 10.3 Å². The maximum atomic E-state index is 13.5. The second kappa shape index (κ2) is 11.7. The molecule has 0 bridgehead atoms. The van der Waals surface area contributed by atoms with E-state index >= 15 is 0 Å². The first kappa shape index (κ1) is 29.8. The van der Waals surface area contributed by atoms with E-state index in [1.54, 1.807) is 12.1 Å². The summed E-state index contributed by atoms with van der Waals surface area (Å²) in [6.07, 6.45) is -3.49. The van der Waals surface area contributed by atoms with Gasteiger partial charge < -0.3 is 9.84 Å². The van der Waals surface area contributed by atoms with Crippen LogP contribution in [-0.4, -0.2) is 35.3 Å². The number of carbonyl (C=O) groups is 1. The zero-order chi connectivity index (χ0) is 29.9. The van der Waals surface area contributed by atoms with E-state index in [4.69, 9.17) is 4.74 Å². The number of unbranched alkanes of at least 4 members (excludes halogenated alkanes) is 1. The molecule has 216 valence electrons. The highest BCUT2D eigenvalue weighted by Crippen LogP contribution is 2.36. The Morgan fingerprint density at radius 3 is 2.37 bits per heavy atom. The minimum atomic E-state index is -4.77. The molecule has 0 saturated heterocycles. The number of alkyl halides is 3. The van der Waals surface area contributed by atoms with Gasteiger partial charge in [0.25, 0.3) is 5.56 Å². The van der Waals surface area contributed by atoms with Gasteiger partial charge >= 0.3 is 12.1 Å². The molecule has 8 nitrogen and oxygen atoms in total. The van der Waals surface area contributed by atoms with Crippen molar-refractivity contribution in [2.24, 2.45) is 0 Å². The highest BCUT2D eigenvalue weighted by atomic mass is 32.2. The Morgan fingerprint density at radius 2 is 1.76 bits per heavy atom. The van der Waals surface area contributed by atoms with E-state index in [9.17, 15) is 36.3 Å². The number of fused-ring (bicyclic) bond motifs is 1. The lowest BCUT2D eigenvalue weighted by Gasteiger charge is -2.20. The number of halogens is 3.